The van der Waals surface area contributed by atoms with Crippen molar-refractivity contribution >= 4 is 0 Å². The molecule has 0 amide bonds. The summed E-state index contributed by atoms with van der Waals surface area (Å²) in [4.78, 5) is 2.48. The Morgan fingerprint density at radius 2 is 2.05 bits per heavy atom. The van der Waals surface area contributed by atoms with Crippen LogP contribution in [0.1, 0.15) is 12.8 Å². The zero-order valence-corrected chi connectivity index (χ0v) is 12.7. The van der Waals surface area contributed by atoms with Gasteiger partial charge in [-0.15, -0.1) is 0 Å². The number of fused-ring (bicyclic) bond motifs is 1. The molecule has 2 N–H and O–H groups in total. The lowest BCUT2D eigenvalue weighted by Gasteiger charge is -2.55. The predicted octanol–water partition coefficient (Wildman–Crippen LogP) is -0.283. The van der Waals surface area contributed by atoms with Gasteiger partial charge in [0.1, 0.15) is 6.04 Å². The maximum absolute atomic E-state index is 3.92. The summed E-state index contributed by atoms with van der Waals surface area (Å²) >= 11 is 0. The molecule has 0 aliphatic carbocycles. The van der Waals surface area contributed by atoms with Crippen LogP contribution in [0, 0.1) is 11.3 Å². The van der Waals surface area contributed by atoms with Crippen LogP contribution in [0.15, 0.2) is 0 Å². The Hall–Kier alpha value is -0.160. The molecule has 19 heavy (non-hydrogen) atoms. The van der Waals surface area contributed by atoms with Crippen LogP contribution in [0.4, 0.5) is 0 Å². The second-order valence-electron chi connectivity index (χ2n) is 8.33. The van der Waals surface area contributed by atoms with E-state index in [0.717, 1.165) is 24.0 Å². The van der Waals surface area contributed by atoms with Gasteiger partial charge in [-0.2, -0.15) is 0 Å². The Morgan fingerprint density at radius 3 is 2.63 bits per heavy atom. The standard InChI is InChI=1S/C15H29N4/c1-18-5-4-11-12(7-18)17-14(11)13-6-15(8-16-9-15)10-19(13,2)3/h11-14,16-17H,4-10H2,1-3H3/q+1. The first-order chi connectivity index (χ1) is 8.99. The van der Waals surface area contributed by atoms with Crippen molar-refractivity contribution < 1.29 is 4.48 Å². The summed E-state index contributed by atoms with van der Waals surface area (Å²) in [6.45, 7) is 6.45. The minimum atomic E-state index is 0.631. The maximum Gasteiger partial charge on any atom is 0.105 e. The van der Waals surface area contributed by atoms with E-state index in [2.05, 4.69) is 36.7 Å². The molecule has 4 rings (SSSR count). The van der Waals surface area contributed by atoms with Crippen molar-refractivity contribution in [2.75, 3.05) is 53.9 Å². The number of quaternary nitrogens is 1. The summed E-state index contributed by atoms with van der Waals surface area (Å²) in [5.74, 6) is 0.946. The zero-order valence-electron chi connectivity index (χ0n) is 12.7. The summed E-state index contributed by atoms with van der Waals surface area (Å²) < 4.78 is 1.23. The molecule has 4 aliphatic heterocycles. The molecule has 4 heteroatoms. The minimum absolute atomic E-state index is 0.631. The number of likely N-dealkylation sites (N-methyl/N-ethyl adjacent to an activating group) is 2. The van der Waals surface area contributed by atoms with E-state index in [-0.39, 0.29) is 0 Å². The zero-order chi connectivity index (χ0) is 13.3. The average Bonchev–Trinajstić information content (AvgIpc) is 2.55. The monoisotopic (exact) mass is 265 g/mol. The van der Waals surface area contributed by atoms with Gasteiger partial charge in [0.25, 0.3) is 0 Å². The number of rotatable bonds is 1. The summed E-state index contributed by atoms with van der Waals surface area (Å²) in [6, 6.07) is 2.40. The smallest absolute Gasteiger partial charge is 0.105 e. The lowest BCUT2D eigenvalue weighted by atomic mass is 9.71. The molecule has 4 atom stereocenters. The highest BCUT2D eigenvalue weighted by molar-refractivity contribution is 5.09. The van der Waals surface area contributed by atoms with Crippen molar-refractivity contribution in [3.8, 4) is 0 Å². The molecule has 4 heterocycles. The number of likely N-dealkylation sites (tertiary alicyclic amines) is 2. The van der Waals surface area contributed by atoms with Crippen molar-refractivity contribution in [2.45, 2.75) is 31.0 Å². The predicted molar refractivity (Wildman–Crippen MR) is 77.0 cm³/mol. The number of nitrogens with one attached hydrogen (secondary N) is 2. The highest BCUT2D eigenvalue weighted by atomic mass is 15.4. The molecule has 0 saturated carbocycles. The lowest BCUT2D eigenvalue weighted by Crippen LogP contribution is -2.74. The third-order valence-corrected chi connectivity index (χ3v) is 6.43. The molecule has 4 nitrogen and oxygen atoms in total. The molecule has 0 aromatic rings. The molecular formula is C15H29N4+. The van der Waals surface area contributed by atoms with Crippen LogP contribution in [-0.2, 0) is 0 Å². The Balaban J connectivity index is 1.48. The highest BCUT2D eigenvalue weighted by Crippen LogP contribution is 2.46. The topological polar surface area (TPSA) is 27.3 Å². The fourth-order valence-electron chi connectivity index (χ4n) is 5.42. The van der Waals surface area contributed by atoms with E-state index in [4.69, 9.17) is 0 Å². The first kappa shape index (κ1) is 12.6. The summed E-state index contributed by atoms with van der Waals surface area (Å²) in [7, 11) is 7.18. The van der Waals surface area contributed by atoms with Gasteiger partial charge < -0.3 is 20.0 Å². The molecule has 0 aromatic heterocycles. The van der Waals surface area contributed by atoms with Crippen molar-refractivity contribution in [1.29, 1.82) is 0 Å². The van der Waals surface area contributed by atoms with Crippen LogP contribution in [0.2, 0.25) is 0 Å². The number of hydrogen-bond donors (Lipinski definition) is 2. The second-order valence-corrected chi connectivity index (χ2v) is 8.33. The molecule has 4 unspecified atom stereocenters. The molecule has 1 spiro atoms. The van der Waals surface area contributed by atoms with Gasteiger partial charge >= 0.3 is 0 Å². The van der Waals surface area contributed by atoms with Crippen molar-refractivity contribution in [1.82, 2.24) is 15.5 Å². The van der Waals surface area contributed by atoms with Crippen molar-refractivity contribution in [3.05, 3.63) is 0 Å². The highest BCUT2D eigenvalue weighted by Gasteiger charge is 2.60. The van der Waals surface area contributed by atoms with Gasteiger partial charge in [0, 0.05) is 32.1 Å². The van der Waals surface area contributed by atoms with Crippen molar-refractivity contribution in [2.24, 2.45) is 11.3 Å². The first-order valence-electron chi connectivity index (χ1n) is 7.97. The van der Waals surface area contributed by atoms with Crippen LogP contribution in [0.25, 0.3) is 0 Å². The summed E-state index contributed by atoms with van der Waals surface area (Å²) in [6.07, 6.45) is 2.84. The summed E-state index contributed by atoms with van der Waals surface area (Å²) in [5, 5.41) is 7.42. The van der Waals surface area contributed by atoms with Gasteiger partial charge in [-0.25, -0.2) is 0 Å². The van der Waals surface area contributed by atoms with Gasteiger partial charge in [-0.05, 0) is 25.9 Å². The van der Waals surface area contributed by atoms with E-state index in [9.17, 15) is 0 Å². The second kappa shape index (κ2) is 3.94. The molecule has 4 fully saturated rings. The van der Waals surface area contributed by atoms with Gasteiger partial charge in [-0.1, -0.05) is 0 Å². The van der Waals surface area contributed by atoms with Crippen molar-refractivity contribution in [3.63, 3.8) is 0 Å². The fraction of sp³-hybridized carbons (Fsp3) is 1.00. The molecule has 4 saturated heterocycles. The number of nitrogens with zero attached hydrogens (tertiary/aromatic N) is 2. The SMILES string of the molecule is CN1CCC2C(C1)NC2C1CC2(CNC2)C[N+]1(C)C. The van der Waals surface area contributed by atoms with Gasteiger partial charge in [0.2, 0.25) is 0 Å². The quantitative estimate of drug-likeness (QED) is 0.639. The molecular weight excluding hydrogens is 236 g/mol. The maximum atomic E-state index is 3.92. The van der Waals surface area contributed by atoms with Crippen LogP contribution in [0.5, 0.6) is 0 Å². The average molecular weight is 265 g/mol. The molecule has 0 radical (unpaired) electrons. The molecule has 4 aliphatic rings. The Kier molecular flexibility index (Phi) is 2.61. The van der Waals surface area contributed by atoms with Gasteiger partial charge in [-0.3, -0.25) is 0 Å². The van der Waals surface area contributed by atoms with E-state index in [1.54, 1.807) is 0 Å². The van der Waals surface area contributed by atoms with Gasteiger partial charge in [0.15, 0.2) is 0 Å². The van der Waals surface area contributed by atoms with Crippen LogP contribution < -0.4 is 10.6 Å². The van der Waals surface area contributed by atoms with Crippen LogP contribution in [0.3, 0.4) is 0 Å². The van der Waals surface area contributed by atoms with Crippen LogP contribution in [-0.4, -0.2) is 81.4 Å². The minimum Gasteiger partial charge on any atom is -0.324 e. The van der Waals surface area contributed by atoms with Gasteiger partial charge in [0.05, 0.1) is 32.1 Å². The van der Waals surface area contributed by atoms with E-state index in [0.29, 0.717) is 5.41 Å². The third kappa shape index (κ3) is 1.80. The van der Waals surface area contributed by atoms with E-state index in [1.165, 1.54) is 50.0 Å². The van der Waals surface area contributed by atoms with E-state index >= 15 is 0 Å². The van der Waals surface area contributed by atoms with E-state index < -0.39 is 0 Å². The summed E-state index contributed by atoms with van der Waals surface area (Å²) in [5.41, 5.74) is 0.631. The van der Waals surface area contributed by atoms with Crippen LogP contribution >= 0.6 is 0 Å². The normalized spacial score (nSPS) is 47.5. The van der Waals surface area contributed by atoms with E-state index in [1.807, 2.05) is 0 Å². The Bertz CT molecular complexity index is 376. The number of hydrogen-bond acceptors (Lipinski definition) is 3. The number of piperidine rings is 1. The molecule has 0 aromatic carbocycles. The largest absolute Gasteiger partial charge is 0.324 e. The first-order valence-corrected chi connectivity index (χ1v) is 7.97. The third-order valence-electron chi connectivity index (χ3n) is 6.43. The Morgan fingerprint density at radius 1 is 1.26 bits per heavy atom. The Labute approximate surface area is 117 Å². The fourth-order valence-corrected chi connectivity index (χ4v) is 5.42. The molecule has 108 valence electrons. The molecule has 0 bridgehead atoms. The lowest BCUT2D eigenvalue weighted by molar-refractivity contribution is -0.907.